The van der Waals surface area contributed by atoms with Gasteiger partial charge in [-0.25, -0.2) is 0 Å². The number of hydrogen-bond donors (Lipinski definition) is 2. The van der Waals surface area contributed by atoms with Gasteiger partial charge in [-0.3, -0.25) is 0 Å². The number of phenols is 2. The van der Waals surface area contributed by atoms with Crippen LogP contribution in [0.2, 0.25) is 0 Å². The first-order chi connectivity index (χ1) is 12.5. The maximum Gasteiger partial charge on any atom is 0.119 e. The lowest BCUT2D eigenvalue weighted by atomic mass is 9.69. The van der Waals surface area contributed by atoms with Crippen molar-refractivity contribution in [3.8, 4) is 11.5 Å². The summed E-state index contributed by atoms with van der Waals surface area (Å²) in [6.07, 6.45) is 5.04. The predicted molar refractivity (Wildman–Crippen MR) is 104 cm³/mol. The van der Waals surface area contributed by atoms with Gasteiger partial charge in [-0.1, -0.05) is 35.4 Å². The first kappa shape index (κ1) is 16.2. The van der Waals surface area contributed by atoms with E-state index in [2.05, 4.69) is 26.0 Å². The molecule has 3 fully saturated rings. The first-order valence-electron chi connectivity index (χ1n) is 10.1. The molecule has 5 rings (SSSR count). The van der Waals surface area contributed by atoms with Crippen LogP contribution in [-0.2, 0) is 0 Å². The molecule has 3 aliphatic rings. The molecule has 2 bridgehead atoms. The van der Waals surface area contributed by atoms with Crippen LogP contribution >= 0.6 is 0 Å². The molecule has 2 N–H and O–H groups in total. The van der Waals surface area contributed by atoms with Crippen LogP contribution in [0.15, 0.2) is 36.4 Å². The van der Waals surface area contributed by atoms with Gasteiger partial charge < -0.3 is 10.2 Å². The van der Waals surface area contributed by atoms with Gasteiger partial charge in [0.1, 0.15) is 11.5 Å². The van der Waals surface area contributed by atoms with Gasteiger partial charge in [0.25, 0.3) is 0 Å². The van der Waals surface area contributed by atoms with E-state index in [9.17, 15) is 10.2 Å². The molecule has 3 aliphatic carbocycles. The molecule has 6 atom stereocenters. The molecule has 136 valence electrons. The molecule has 0 aliphatic heterocycles. The van der Waals surface area contributed by atoms with Crippen LogP contribution in [-0.4, -0.2) is 10.2 Å². The summed E-state index contributed by atoms with van der Waals surface area (Å²) < 4.78 is 0. The summed E-state index contributed by atoms with van der Waals surface area (Å²) in [5.41, 5.74) is 4.79. The van der Waals surface area contributed by atoms with Gasteiger partial charge in [0, 0.05) is 0 Å². The largest absolute Gasteiger partial charge is 0.508 e. The number of hydrogen-bond acceptors (Lipinski definition) is 2. The van der Waals surface area contributed by atoms with E-state index in [1.54, 1.807) is 0 Å². The van der Waals surface area contributed by atoms with E-state index in [-0.39, 0.29) is 0 Å². The molecule has 0 heterocycles. The molecule has 0 radical (unpaired) electrons. The van der Waals surface area contributed by atoms with Crippen LogP contribution in [0.5, 0.6) is 11.5 Å². The Morgan fingerprint density at radius 2 is 1.35 bits per heavy atom. The molecular formula is C24H28O2. The Labute approximate surface area is 155 Å². The third-order valence-corrected chi connectivity index (χ3v) is 7.68. The van der Waals surface area contributed by atoms with Gasteiger partial charge in [0.2, 0.25) is 0 Å². The molecule has 26 heavy (non-hydrogen) atoms. The lowest BCUT2D eigenvalue weighted by Crippen LogP contribution is -2.26. The van der Waals surface area contributed by atoms with Crippen LogP contribution in [0.3, 0.4) is 0 Å². The van der Waals surface area contributed by atoms with Crippen LogP contribution in [0, 0.1) is 37.5 Å². The number of aryl methyl sites for hydroxylation is 2. The van der Waals surface area contributed by atoms with Crippen molar-refractivity contribution in [3.63, 3.8) is 0 Å². The van der Waals surface area contributed by atoms with Crippen LogP contribution in [0.4, 0.5) is 0 Å². The predicted octanol–water partition coefficient (Wildman–Crippen LogP) is 5.65. The van der Waals surface area contributed by atoms with E-state index in [1.807, 2.05) is 24.3 Å². The SMILES string of the molecule is Cc1ccc(O)c(C2CC3CC2C2C(c4cc(C)ccc4O)CCC32)c1. The van der Waals surface area contributed by atoms with Crippen molar-refractivity contribution in [3.05, 3.63) is 58.7 Å². The number of benzene rings is 2. The van der Waals surface area contributed by atoms with Gasteiger partial charge in [0.05, 0.1) is 0 Å². The van der Waals surface area contributed by atoms with Gasteiger partial charge in [-0.15, -0.1) is 0 Å². The normalized spacial score (nSPS) is 35.0. The fourth-order valence-corrected chi connectivity index (χ4v) is 6.77. The molecule has 0 saturated heterocycles. The highest BCUT2D eigenvalue weighted by Gasteiger charge is 2.58. The summed E-state index contributed by atoms with van der Waals surface area (Å²) in [6.45, 7) is 4.23. The van der Waals surface area contributed by atoms with E-state index in [4.69, 9.17) is 0 Å². The minimum absolute atomic E-state index is 0.470. The number of rotatable bonds is 2. The number of phenolic OH excluding ortho intramolecular Hbond substituents is 2. The zero-order valence-electron chi connectivity index (χ0n) is 15.7. The average Bonchev–Trinajstić information content (AvgIpc) is 3.30. The topological polar surface area (TPSA) is 40.5 Å². The Morgan fingerprint density at radius 1 is 0.731 bits per heavy atom. The third-order valence-electron chi connectivity index (χ3n) is 7.68. The molecular weight excluding hydrogens is 320 g/mol. The standard InChI is InChI=1S/C24H28O2/c1-13-3-7-22(25)19(9-13)17-6-5-16-15-11-18(21(12-15)24(16)17)20-10-14(2)4-8-23(20)26/h3-4,7-10,15-18,21,24-26H,5-6,11-12H2,1-2H3. The molecule has 2 heteroatoms. The summed E-state index contributed by atoms with van der Waals surface area (Å²) in [6, 6.07) is 12.1. The van der Waals surface area contributed by atoms with Crippen molar-refractivity contribution in [2.75, 3.05) is 0 Å². The zero-order chi connectivity index (χ0) is 18.0. The van der Waals surface area contributed by atoms with Gasteiger partial charge in [-0.05, 0) is 98.3 Å². The Bertz CT molecular complexity index is 855. The molecule has 2 aromatic carbocycles. The van der Waals surface area contributed by atoms with E-state index in [1.165, 1.54) is 36.8 Å². The summed E-state index contributed by atoms with van der Waals surface area (Å²) in [5.74, 6) is 4.81. The fourth-order valence-electron chi connectivity index (χ4n) is 6.77. The van der Waals surface area contributed by atoms with Crippen LogP contribution in [0.1, 0.15) is 59.8 Å². The fraction of sp³-hybridized carbons (Fsp3) is 0.500. The Balaban J connectivity index is 1.52. The smallest absolute Gasteiger partial charge is 0.119 e. The highest BCUT2D eigenvalue weighted by molar-refractivity contribution is 5.43. The molecule has 0 aromatic heterocycles. The average molecular weight is 348 g/mol. The van der Waals surface area contributed by atoms with E-state index < -0.39 is 0 Å². The van der Waals surface area contributed by atoms with Crippen molar-refractivity contribution in [1.29, 1.82) is 0 Å². The summed E-state index contributed by atoms with van der Waals surface area (Å²) in [7, 11) is 0. The summed E-state index contributed by atoms with van der Waals surface area (Å²) in [4.78, 5) is 0. The molecule has 6 unspecified atom stereocenters. The first-order valence-corrected chi connectivity index (χ1v) is 10.1. The molecule has 2 aromatic rings. The number of fused-ring (bicyclic) bond motifs is 5. The van der Waals surface area contributed by atoms with Crippen molar-refractivity contribution < 1.29 is 10.2 Å². The van der Waals surface area contributed by atoms with Gasteiger partial charge in [-0.2, -0.15) is 0 Å². The van der Waals surface area contributed by atoms with E-state index in [0.717, 1.165) is 23.0 Å². The monoisotopic (exact) mass is 348 g/mol. The van der Waals surface area contributed by atoms with Gasteiger partial charge in [0.15, 0.2) is 0 Å². The minimum Gasteiger partial charge on any atom is -0.508 e. The third kappa shape index (κ3) is 2.31. The second-order valence-electron chi connectivity index (χ2n) is 9.05. The Kier molecular flexibility index (Phi) is 3.60. The minimum atomic E-state index is 0.470. The highest BCUT2D eigenvalue weighted by Crippen LogP contribution is 2.68. The Morgan fingerprint density at radius 3 is 2.00 bits per heavy atom. The second kappa shape index (κ2) is 5.77. The lowest BCUT2D eigenvalue weighted by Gasteiger charge is -2.35. The maximum atomic E-state index is 10.5. The molecule has 3 saturated carbocycles. The van der Waals surface area contributed by atoms with Crippen molar-refractivity contribution in [2.45, 2.75) is 51.4 Å². The van der Waals surface area contributed by atoms with Crippen molar-refractivity contribution in [1.82, 2.24) is 0 Å². The molecule has 0 amide bonds. The zero-order valence-corrected chi connectivity index (χ0v) is 15.7. The molecule has 2 nitrogen and oxygen atoms in total. The highest BCUT2D eigenvalue weighted by atomic mass is 16.3. The van der Waals surface area contributed by atoms with Crippen LogP contribution < -0.4 is 0 Å². The quantitative estimate of drug-likeness (QED) is 0.736. The van der Waals surface area contributed by atoms with E-state index >= 15 is 0 Å². The Hall–Kier alpha value is -1.96. The maximum absolute atomic E-state index is 10.5. The number of aromatic hydroxyl groups is 2. The van der Waals surface area contributed by atoms with Crippen LogP contribution in [0.25, 0.3) is 0 Å². The lowest BCUT2D eigenvalue weighted by molar-refractivity contribution is 0.213. The van der Waals surface area contributed by atoms with E-state index in [0.29, 0.717) is 35.2 Å². The second-order valence-corrected chi connectivity index (χ2v) is 9.05. The van der Waals surface area contributed by atoms with Crippen molar-refractivity contribution in [2.24, 2.45) is 23.7 Å². The molecule has 0 spiro atoms. The summed E-state index contributed by atoms with van der Waals surface area (Å²) in [5, 5.41) is 21.0. The summed E-state index contributed by atoms with van der Waals surface area (Å²) >= 11 is 0. The van der Waals surface area contributed by atoms with Gasteiger partial charge >= 0.3 is 0 Å². The van der Waals surface area contributed by atoms with Crippen molar-refractivity contribution >= 4 is 0 Å².